The van der Waals surface area contributed by atoms with Crippen LogP contribution in [0.15, 0.2) is 60.7 Å². The maximum absolute atomic E-state index is 13.2. The lowest BCUT2D eigenvalue weighted by atomic mass is 9.96. The number of aryl methyl sites for hydroxylation is 1. The van der Waals surface area contributed by atoms with E-state index < -0.39 is 6.09 Å². The first-order valence-corrected chi connectivity index (χ1v) is 15.3. The van der Waals surface area contributed by atoms with E-state index in [1.165, 1.54) is 19.2 Å². The Balaban J connectivity index is 0.00000400. The van der Waals surface area contributed by atoms with E-state index in [1.807, 2.05) is 48.5 Å². The molecule has 0 radical (unpaired) electrons. The summed E-state index contributed by atoms with van der Waals surface area (Å²) in [6.45, 7) is 0. The summed E-state index contributed by atoms with van der Waals surface area (Å²) in [6, 6.07) is 19.6. The SMILES string of the molecule is COc1cc(NC(=O)CCCc2ccc(-c3ccccc3)c(NC(=O)OC3C[C@@H]4[C@H]5O[C@H]5[C@H](C3)[N+]4(C)C)c2)c(Cl)cc1C=O.[I-]. The highest BCUT2D eigenvalue weighted by molar-refractivity contribution is 6.34. The summed E-state index contributed by atoms with van der Waals surface area (Å²) in [4.78, 5) is 37.1. The van der Waals surface area contributed by atoms with E-state index in [4.69, 9.17) is 25.8 Å². The Kier molecular flexibility index (Phi) is 10.1. The van der Waals surface area contributed by atoms with Crippen molar-refractivity contribution in [2.24, 2.45) is 0 Å². The molecule has 0 saturated carbocycles. The number of nitrogens with one attached hydrogen (secondary N) is 2. The van der Waals surface area contributed by atoms with Crippen LogP contribution in [0.3, 0.4) is 0 Å². The van der Waals surface area contributed by atoms with E-state index >= 15 is 0 Å². The van der Waals surface area contributed by atoms with Crippen LogP contribution in [-0.4, -0.2) is 74.4 Å². The standard InChI is InChI=1S/C34H36ClN3O6.HI/c1-38(2)28-16-23(17-29(38)33-32(28)44-33)43-34(41)37-26-14-20(12-13-24(26)21-9-5-4-6-10-21)8-7-11-31(40)36-27-18-30(42-3)22(19-39)15-25(27)35;/h4-6,9-10,12-15,18-19,23,28-29,32-33H,7-8,11,16-17H2,1-3H3,(H-,36,37,39,40,41);1H/t23?,28-,29+,32-,33+;. The number of ether oxygens (including phenoxy) is 3. The zero-order chi connectivity index (χ0) is 31.0. The molecule has 3 saturated heterocycles. The second-order valence-corrected chi connectivity index (χ2v) is 12.7. The van der Waals surface area contributed by atoms with Gasteiger partial charge in [-0.2, -0.15) is 0 Å². The lowest BCUT2D eigenvalue weighted by molar-refractivity contribution is -0.938. The Bertz CT molecular complexity index is 1570. The minimum Gasteiger partial charge on any atom is -1.00 e. The number of morpholine rings is 1. The highest BCUT2D eigenvalue weighted by Gasteiger charge is 2.70. The maximum Gasteiger partial charge on any atom is 0.411 e. The normalized spacial score (nSPS) is 23.6. The summed E-state index contributed by atoms with van der Waals surface area (Å²) in [5.74, 6) is 0.128. The van der Waals surface area contributed by atoms with Gasteiger partial charge in [0.05, 0.1) is 43.2 Å². The molecule has 3 aliphatic rings. The number of halogens is 2. The zero-order valence-electron chi connectivity index (χ0n) is 25.4. The lowest BCUT2D eigenvalue weighted by Gasteiger charge is -2.45. The second kappa shape index (κ2) is 13.7. The van der Waals surface area contributed by atoms with Crippen molar-refractivity contribution in [3.8, 4) is 16.9 Å². The Morgan fingerprint density at radius 3 is 2.38 bits per heavy atom. The van der Waals surface area contributed by atoms with Crippen LogP contribution < -0.4 is 39.3 Å². The molecule has 2 bridgehead atoms. The molecule has 0 aliphatic carbocycles. The van der Waals surface area contributed by atoms with Gasteiger partial charge in [-0.15, -0.1) is 0 Å². The summed E-state index contributed by atoms with van der Waals surface area (Å²) in [5.41, 5.74) is 4.21. The fraction of sp³-hybridized carbons (Fsp3) is 0.382. The van der Waals surface area contributed by atoms with Crippen molar-refractivity contribution >= 4 is 41.3 Å². The molecule has 0 spiro atoms. The summed E-state index contributed by atoms with van der Waals surface area (Å²) in [7, 11) is 5.95. The Hall–Kier alpha value is -3.19. The van der Waals surface area contributed by atoms with E-state index in [1.54, 1.807) is 0 Å². The average Bonchev–Trinajstić information content (AvgIpc) is 3.77. The Morgan fingerprint density at radius 2 is 1.71 bits per heavy atom. The monoisotopic (exact) mass is 745 g/mol. The second-order valence-electron chi connectivity index (χ2n) is 12.3. The van der Waals surface area contributed by atoms with Crippen molar-refractivity contribution in [2.45, 2.75) is 62.5 Å². The van der Waals surface area contributed by atoms with Gasteiger partial charge in [0.2, 0.25) is 5.91 Å². The molecule has 238 valence electrons. The minimum absolute atomic E-state index is 0. The van der Waals surface area contributed by atoms with Gasteiger partial charge in [-0.25, -0.2) is 4.79 Å². The van der Waals surface area contributed by atoms with Crippen LogP contribution in [0.4, 0.5) is 16.2 Å². The smallest absolute Gasteiger partial charge is 0.411 e. The third-order valence-electron chi connectivity index (χ3n) is 9.31. The first-order valence-electron chi connectivity index (χ1n) is 14.9. The van der Waals surface area contributed by atoms with Crippen LogP contribution in [0.1, 0.15) is 41.6 Å². The number of hydrogen-bond donors (Lipinski definition) is 2. The molecule has 3 heterocycles. The van der Waals surface area contributed by atoms with Gasteiger partial charge in [0, 0.05) is 30.9 Å². The van der Waals surface area contributed by atoms with Gasteiger partial charge in [0.15, 0.2) is 6.29 Å². The van der Waals surface area contributed by atoms with E-state index in [-0.39, 0.29) is 59.6 Å². The molecule has 3 fully saturated rings. The number of methoxy groups -OCH3 is 1. The van der Waals surface area contributed by atoms with Crippen LogP contribution in [0.2, 0.25) is 5.02 Å². The highest BCUT2D eigenvalue weighted by Crippen LogP contribution is 2.51. The third-order valence-corrected chi connectivity index (χ3v) is 9.62. The molecule has 0 aromatic heterocycles. The summed E-state index contributed by atoms with van der Waals surface area (Å²) >= 11 is 6.25. The quantitative estimate of drug-likeness (QED) is 0.143. The van der Waals surface area contributed by atoms with Gasteiger partial charge >= 0.3 is 6.09 Å². The van der Waals surface area contributed by atoms with E-state index in [2.05, 4.69) is 24.7 Å². The van der Waals surface area contributed by atoms with Crippen molar-refractivity contribution in [1.29, 1.82) is 0 Å². The first-order chi connectivity index (χ1) is 21.2. The molecule has 2 amide bonds. The number of piperidine rings is 1. The molecule has 6 rings (SSSR count). The van der Waals surface area contributed by atoms with Crippen LogP contribution in [-0.2, 0) is 20.7 Å². The summed E-state index contributed by atoms with van der Waals surface area (Å²) < 4.78 is 18.0. The van der Waals surface area contributed by atoms with Crippen LogP contribution in [0, 0.1) is 0 Å². The van der Waals surface area contributed by atoms with E-state index in [9.17, 15) is 14.4 Å². The number of carbonyl (C=O) groups excluding carboxylic acids is 3. The molecule has 9 nitrogen and oxygen atoms in total. The number of carbonyl (C=O) groups is 3. The molecular formula is C34H37ClIN3O6. The topological polar surface area (TPSA) is 106 Å². The number of benzene rings is 3. The lowest BCUT2D eigenvalue weighted by Crippen LogP contribution is -3.00. The van der Waals surface area contributed by atoms with Crippen LogP contribution in [0.5, 0.6) is 5.75 Å². The molecule has 3 aromatic rings. The van der Waals surface area contributed by atoms with Crippen molar-refractivity contribution in [2.75, 3.05) is 31.8 Å². The molecule has 11 heteroatoms. The number of quaternary nitrogens is 1. The molecule has 3 aliphatic heterocycles. The number of hydrogen-bond acceptors (Lipinski definition) is 6. The molecule has 45 heavy (non-hydrogen) atoms. The number of fused-ring (bicyclic) bond motifs is 5. The number of aldehydes is 1. The van der Waals surface area contributed by atoms with E-state index in [0.29, 0.717) is 53.9 Å². The number of rotatable bonds is 10. The average molecular weight is 746 g/mol. The van der Waals surface area contributed by atoms with Gasteiger partial charge in [0.25, 0.3) is 0 Å². The fourth-order valence-electron chi connectivity index (χ4n) is 6.91. The predicted molar refractivity (Wildman–Crippen MR) is 168 cm³/mol. The van der Waals surface area contributed by atoms with Crippen molar-refractivity contribution in [1.82, 2.24) is 0 Å². The van der Waals surface area contributed by atoms with Crippen LogP contribution >= 0.6 is 11.6 Å². The molecule has 3 aromatic carbocycles. The molecule has 5 atom stereocenters. The zero-order valence-corrected chi connectivity index (χ0v) is 28.3. The van der Waals surface area contributed by atoms with Crippen molar-refractivity contribution in [3.05, 3.63) is 76.8 Å². The molecule has 2 N–H and O–H groups in total. The van der Waals surface area contributed by atoms with Crippen molar-refractivity contribution < 1.29 is 57.1 Å². The van der Waals surface area contributed by atoms with E-state index in [0.717, 1.165) is 34.0 Å². The number of likely N-dealkylation sites (N-methyl/N-ethyl adjacent to an activating group) is 1. The molecular weight excluding hydrogens is 709 g/mol. The van der Waals surface area contributed by atoms with Gasteiger partial charge in [-0.05, 0) is 36.1 Å². The maximum atomic E-state index is 13.2. The highest BCUT2D eigenvalue weighted by atomic mass is 127. The van der Waals surface area contributed by atoms with Gasteiger partial charge in [-0.3, -0.25) is 14.9 Å². The first kappa shape index (κ1) is 33.2. The summed E-state index contributed by atoms with van der Waals surface area (Å²) in [6.07, 6.45) is 3.67. The Morgan fingerprint density at radius 1 is 1.00 bits per heavy atom. The fourth-order valence-corrected chi connectivity index (χ4v) is 7.13. The minimum atomic E-state index is -0.460. The number of anilines is 2. The number of nitrogens with zero attached hydrogens (tertiary/aromatic N) is 1. The van der Waals surface area contributed by atoms with Gasteiger partial charge < -0.3 is 48.0 Å². The van der Waals surface area contributed by atoms with Gasteiger partial charge in [-0.1, -0.05) is 54.1 Å². The molecule has 1 unspecified atom stereocenters. The third kappa shape index (κ3) is 6.98. The predicted octanol–water partition coefficient (Wildman–Crippen LogP) is 3.10. The van der Waals surface area contributed by atoms with Gasteiger partial charge in [0.1, 0.15) is 36.1 Å². The van der Waals surface area contributed by atoms with Crippen LogP contribution in [0.25, 0.3) is 11.1 Å². The largest absolute Gasteiger partial charge is 1.00 e. The number of epoxide rings is 1. The summed E-state index contributed by atoms with van der Waals surface area (Å²) in [5, 5.41) is 6.08. The van der Waals surface area contributed by atoms with Crippen molar-refractivity contribution in [3.63, 3.8) is 0 Å². The number of amides is 2. The Labute approximate surface area is 285 Å².